The second-order valence-electron chi connectivity index (χ2n) is 4.65. The minimum atomic E-state index is 0.306. The zero-order valence-electron chi connectivity index (χ0n) is 11.1. The highest BCUT2D eigenvalue weighted by atomic mass is 79.9. The first-order chi connectivity index (χ1) is 9.76. The SMILES string of the molecule is CCC(Nc1nc2ccc(Br)cc2s1)c1ccccc1. The molecule has 2 aromatic carbocycles. The summed E-state index contributed by atoms with van der Waals surface area (Å²) in [4.78, 5) is 4.65. The fraction of sp³-hybridized carbons (Fsp3) is 0.188. The maximum absolute atomic E-state index is 4.65. The number of halogens is 1. The van der Waals surface area contributed by atoms with Gasteiger partial charge in [0.2, 0.25) is 0 Å². The number of hydrogen-bond acceptors (Lipinski definition) is 3. The van der Waals surface area contributed by atoms with Crippen LogP contribution < -0.4 is 5.32 Å². The molecule has 0 radical (unpaired) electrons. The molecule has 1 unspecified atom stereocenters. The number of hydrogen-bond donors (Lipinski definition) is 1. The van der Waals surface area contributed by atoms with Crippen molar-refractivity contribution in [2.45, 2.75) is 19.4 Å². The van der Waals surface area contributed by atoms with Gasteiger partial charge < -0.3 is 5.32 Å². The predicted octanol–water partition coefficient (Wildman–Crippen LogP) is 5.62. The third kappa shape index (κ3) is 2.86. The third-order valence-electron chi connectivity index (χ3n) is 3.26. The highest BCUT2D eigenvalue weighted by Gasteiger charge is 2.11. The molecule has 0 spiro atoms. The lowest BCUT2D eigenvalue weighted by atomic mass is 10.1. The van der Waals surface area contributed by atoms with Crippen molar-refractivity contribution in [1.82, 2.24) is 4.98 Å². The fourth-order valence-corrected chi connectivity index (χ4v) is 3.69. The molecule has 1 heterocycles. The topological polar surface area (TPSA) is 24.9 Å². The molecule has 0 aliphatic heterocycles. The highest BCUT2D eigenvalue weighted by Crippen LogP contribution is 2.31. The predicted molar refractivity (Wildman–Crippen MR) is 90.4 cm³/mol. The van der Waals surface area contributed by atoms with Crippen molar-refractivity contribution >= 4 is 42.6 Å². The Bertz CT molecular complexity index is 709. The molecule has 0 amide bonds. The van der Waals surface area contributed by atoms with E-state index in [0.717, 1.165) is 21.5 Å². The summed E-state index contributed by atoms with van der Waals surface area (Å²) < 4.78 is 2.29. The quantitative estimate of drug-likeness (QED) is 0.662. The molecule has 1 N–H and O–H groups in total. The summed E-state index contributed by atoms with van der Waals surface area (Å²) in [6, 6.07) is 17.0. The molecule has 0 saturated heterocycles. The number of nitrogens with zero attached hydrogens (tertiary/aromatic N) is 1. The number of anilines is 1. The zero-order valence-corrected chi connectivity index (χ0v) is 13.5. The van der Waals surface area contributed by atoms with Crippen LogP contribution in [0.4, 0.5) is 5.13 Å². The molecule has 0 fully saturated rings. The van der Waals surface area contributed by atoms with E-state index in [2.05, 4.69) is 63.5 Å². The van der Waals surface area contributed by atoms with Gasteiger partial charge in [-0.25, -0.2) is 4.98 Å². The van der Waals surface area contributed by atoms with Crippen molar-refractivity contribution in [3.63, 3.8) is 0 Å². The molecule has 4 heteroatoms. The highest BCUT2D eigenvalue weighted by molar-refractivity contribution is 9.10. The average Bonchev–Trinajstić information content (AvgIpc) is 2.87. The minimum absolute atomic E-state index is 0.306. The number of benzene rings is 2. The van der Waals surface area contributed by atoms with Crippen LogP contribution in [0.1, 0.15) is 24.9 Å². The molecule has 102 valence electrons. The van der Waals surface area contributed by atoms with E-state index in [9.17, 15) is 0 Å². The van der Waals surface area contributed by atoms with E-state index >= 15 is 0 Å². The number of thiazole rings is 1. The van der Waals surface area contributed by atoms with E-state index in [1.54, 1.807) is 11.3 Å². The molecule has 0 bridgehead atoms. The zero-order chi connectivity index (χ0) is 13.9. The van der Waals surface area contributed by atoms with E-state index in [1.807, 2.05) is 18.2 Å². The van der Waals surface area contributed by atoms with Crippen molar-refractivity contribution in [3.05, 3.63) is 58.6 Å². The summed E-state index contributed by atoms with van der Waals surface area (Å²) in [5, 5.41) is 4.53. The smallest absolute Gasteiger partial charge is 0.184 e. The second kappa shape index (κ2) is 5.94. The summed E-state index contributed by atoms with van der Waals surface area (Å²) in [6.07, 6.45) is 1.03. The van der Waals surface area contributed by atoms with Gasteiger partial charge in [-0.05, 0) is 30.2 Å². The average molecular weight is 347 g/mol. The molecule has 0 aliphatic carbocycles. The van der Waals surface area contributed by atoms with Gasteiger partial charge in [-0.1, -0.05) is 64.5 Å². The van der Waals surface area contributed by atoms with Crippen LogP contribution in [0.15, 0.2) is 53.0 Å². The van der Waals surface area contributed by atoms with Gasteiger partial charge in [0.1, 0.15) is 0 Å². The van der Waals surface area contributed by atoms with Gasteiger partial charge in [0.25, 0.3) is 0 Å². The molecule has 0 aliphatic rings. The lowest BCUT2D eigenvalue weighted by Gasteiger charge is -2.16. The minimum Gasteiger partial charge on any atom is -0.355 e. The lowest BCUT2D eigenvalue weighted by molar-refractivity contribution is 0.748. The Labute approximate surface area is 131 Å². The maximum Gasteiger partial charge on any atom is 0.184 e. The molecule has 3 aromatic rings. The van der Waals surface area contributed by atoms with Gasteiger partial charge in [0.15, 0.2) is 5.13 Å². The lowest BCUT2D eigenvalue weighted by Crippen LogP contribution is -2.09. The first-order valence-corrected chi connectivity index (χ1v) is 8.25. The van der Waals surface area contributed by atoms with Crippen LogP contribution in [0.2, 0.25) is 0 Å². The van der Waals surface area contributed by atoms with E-state index in [1.165, 1.54) is 10.3 Å². The fourth-order valence-electron chi connectivity index (χ4n) is 2.22. The summed E-state index contributed by atoms with van der Waals surface area (Å²) in [5.74, 6) is 0. The van der Waals surface area contributed by atoms with Crippen molar-refractivity contribution in [1.29, 1.82) is 0 Å². The van der Waals surface area contributed by atoms with Crippen LogP contribution in [0.3, 0.4) is 0 Å². The van der Waals surface area contributed by atoms with Crippen molar-refractivity contribution < 1.29 is 0 Å². The first kappa shape index (κ1) is 13.6. The molecule has 1 aromatic heterocycles. The standard InChI is InChI=1S/C16H15BrN2S/c1-2-13(11-6-4-3-5-7-11)18-16-19-14-9-8-12(17)10-15(14)20-16/h3-10,13H,2H2,1H3,(H,18,19). The molecular formula is C16H15BrN2S. The van der Waals surface area contributed by atoms with E-state index in [-0.39, 0.29) is 0 Å². The Morgan fingerprint density at radius 2 is 2.00 bits per heavy atom. The molecule has 0 saturated carbocycles. The van der Waals surface area contributed by atoms with E-state index in [0.29, 0.717) is 6.04 Å². The Morgan fingerprint density at radius 1 is 1.20 bits per heavy atom. The van der Waals surface area contributed by atoms with Crippen molar-refractivity contribution in [2.24, 2.45) is 0 Å². The molecule has 1 atom stereocenters. The Balaban J connectivity index is 1.87. The molecule has 20 heavy (non-hydrogen) atoms. The van der Waals surface area contributed by atoms with Gasteiger partial charge in [-0.3, -0.25) is 0 Å². The summed E-state index contributed by atoms with van der Waals surface area (Å²) in [7, 11) is 0. The van der Waals surface area contributed by atoms with Gasteiger partial charge in [-0.15, -0.1) is 0 Å². The van der Waals surface area contributed by atoms with Gasteiger partial charge >= 0.3 is 0 Å². The number of rotatable bonds is 4. The van der Waals surface area contributed by atoms with Gasteiger partial charge in [0, 0.05) is 4.47 Å². The Hall–Kier alpha value is -1.39. The van der Waals surface area contributed by atoms with Gasteiger partial charge in [-0.2, -0.15) is 0 Å². The Morgan fingerprint density at radius 3 is 2.75 bits per heavy atom. The molecule has 3 rings (SSSR count). The number of nitrogens with one attached hydrogen (secondary N) is 1. The first-order valence-electron chi connectivity index (χ1n) is 6.64. The van der Waals surface area contributed by atoms with E-state index < -0.39 is 0 Å². The maximum atomic E-state index is 4.65. The summed E-state index contributed by atoms with van der Waals surface area (Å²) in [5.41, 5.74) is 2.35. The normalized spacial score (nSPS) is 12.5. The van der Waals surface area contributed by atoms with E-state index in [4.69, 9.17) is 0 Å². The third-order valence-corrected chi connectivity index (χ3v) is 4.70. The van der Waals surface area contributed by atoms with Crippen LogP contribution in [-0.4, -0.2) is 4.98 Å². The molecular weight excluding hydrogens is 332 g/mol. The van der Waals surface area contributed by atoms with Crippen LogP contribution in [0, 0.1) is 0 Å². The van der Waals surface area contributed by atoms with Crippen molar-refractivity contribution in [3.8, 4) is 0 Å². The number of fused-ring (bicyclic) bond motifs is 1. The van der Waals surface area contributed by atoms with Crippen LogP contribution in [0.5, 0.6) is 0 Å². The monoisotopic (exact) mass is 346 g/mol. The van der Waals surface area contributed by atoms with Crippen LogP contribution in [-0.2, 0) is 0 Å². The van der Waals surface area contributed by atoms with Crippen LogP contribution in [0.25, 0.3) is 10.2 Å². The van der Waals surface area contributed by atoms with Crippen molar-refractivity contribution in [2.75, 3.05) is 5.32 Å². The molecule has 2 nitrogen and oxygen atoms in total. The Kier molecular flexibility index (Phi) is 4.03. The largest absolute Gasteiger partial charge is 0.355 e. The number of aromatic nitrogens is 1. The summed E-state index contributed by atoms with van der Waals surface area (Å²) >= 11 is 5.20. The van der Waals surface area contributed by atoms with Gasteiger partial charge in [0.05, 0.1) is 16.3 Å². The van der Waals surface area contributed by atoms with Crippen LogP contribution >= 0.6 is 27.3 Å². The summed E-state index contributed by atoms with van der Waals surface area (Å²) in [6.45, 7) is 2.19. The second-order valence-corrected chi connectivity index (χ2v) is 6.59.